The standard InChI is InChI=1S/C12H19N5O2S/c1-16-8(7-15-12(16)20-2)6-14-11(19)17-5-3-4-9(17)10(13)18/h7,9H,3-6H2,1-2H3,(H2,13,18)(H,14,19)/t9-/m0/s1. The molecule has 0 aromatic carbocycles. The average molecular weight is 297 g/mol. The van der Waals surface area contributed by atoms with Gasteiger partial charge in [-0.15, -0.1) is 0 Å². The van der Waals surface area contributed by atoms with Crippen LogP contribution in [-0.4, -0.2) is 45.2 Å². The van der Waals surface area contributed by atoms with Crippen molar-refractivity contribution >= 4 is 23.7 Å². The van der Waals surface area contributed by atoms with Crippen LogP contribution in [0.5, 0.6) is 0 Å². The van der Waals surface area contributed by atoms with Gasteiger partial charge in [0.2, 0.25) is 5.91 Å². The van der Waals surface area contributed by atoms with Gasteiger partial charge in [0.05, 0.1) is 18.4 Å². The molecule has 0 unspecified atom stereocenters. The first kappa shape index (κ1) is 14.7. The number of nitrogens with two attached hydrogens (primary N) is 1. The number of carbonyl (C=O) groups excluding carboxylic acids is 2. The monoisotopic (exact) mass is 297 g/mol. The number of thioether (sulfide) groups is 1. The summed E-state index contributed by atoms with van der Waals surface area (Å²) in [5.74, 6) is -0.442. The Morgan fingerprint density at radius 2 is 2.35 bits per heavy atom. The van der Waals surface area contributed by atoms with E-state index in [0.717, 1.165) is 17.3 Å². The van der Waals surface area contributed by atoms with E-state index in [9.17, 15) is 9.59 Å². The Bertz CT molecular complexity index is 516. The van der Waals surface area contributed by atoms with E-state index in [0.29, 0.717) is 19.5 Å². The molecule has 1 fully saturated rings. The van der Waals surface area contributed by atoms with Gasteiger partial charge in [-0.2, -0.15) is 0 Å². The molecular formula is C12H19N5O2S. The van der Waals surface area contributed by atoms with Crippen molar-refractivity contribution in [3.63, 3.8) is 0 Å². The molecule has 3 amide bonds. The molecule has 1 aromatic rings. The van der Waals surface area contributed by atoms with Crippen molar-refractivity contribution in [1.82, 2.24) is 19.8 Å². The van der Waals surface area contributed by atoms with Crippen LogP contribution in [-0.2, 0) is 18.4 Å². The molecule has 1 aliphatic heterocycles. The van der Waals surface area contributed by atoms with E-state index in [1.54, 1.807) is 18.0 Å². The van der Waals surface area contributed by atoms with Gasteiger partial charge in [0.15, 0.2) is 5.16 Å². The molecule has 1 aliphatic rings. The second-order valence-corrected chi connectivity index (χ2v) is 5.48. The first-order valence-electron chi connectivity index (χ1n) is 6.43. The normalized spacial score (nSPS) is 18.3. The number of carbonyl (C=O) groups is 2. The Morgan fingerprint density at radius 3 is 2.95 bits per heavy atom. The molecule has 1 aromatic heterocycles. The minimum Gasteiger partial charge on any atom is -0.368 e. The molecule has 7 nitrogen and oxygen atoms in total. The number of likely N-dealkylation sites (tertiary alicyclic amines) is 1. The third-order valence-corrected chi connectivity index (χ3v) is 4.23. The van der Waals surface area contributed by atoms with Gasteiger partial charge in [-0.3, -0.25) is 4.79 Å². The number of nitrogens with zero attached hydrogens (tertiary/aromatic N) is 3. The molecule has 0 spiro atoms. The van der Waals surface area contributed by atoms with E-state index in [2.05, 4.69) is 10.3 Å². The molecule has 110 valence electrons. The van der Waals surface area contributed by atoms with E-state index in [4.69, 9.17) is 5.73 Å². The molecular weight excluding hydrogens is 278 g/mol. The van der Waals surface area contributed by atoms with Crippen molar-refractivity contribution in [2.24, 2.45) is 12.8 Å². The van der Waals surface area contributed by atoms with Crippen LogP contribution in [0.1, 0.15) is 18.5 Å². The third-order valence-electron chi connectivity index (χ3n) is 3.49. The average Bonchev–Trinajstić information content (AvgIpc) is 3.03. The van der Waals surface area contributed by atoms with Crippen LogP contribution in [0.3, 0.4) is 0 Å². The molecule has 0 radical (unpaired) electrons. The molecule has 0 bridgehead atoms. The lowest BCUT2D eigenvalue weighted by Crippen LogP contribution is -2.48. The summed E-state index contributed by atoms with van der Waals surface area (Å²) in [5, 5.41) is 3.71. The largest absolute Gasteiger partial charge is 0.368 e. The second-order valence-electron chi connectivity index (χ2n) is 4.71. The number of nitrogens with one attached hydrogen (secondary N) is 1. The number of rotatable bonds is 4. The predicted octanol–water partition coefficient (Wildman–Crippen LogP) is 0.301. The highest BCUT2D eigenvalue weighted by Gasteiger charge is 2.32. The maximum Gasteiger partial charge on any atom is 0.318 e. The van der Waals surface area contributed by atoms with Crippen molar-refractivity contribution in [2.45, 2.75) is 30.6 Å². The van der Waals surface area contributed by atoms with E-state index in [-0.39, 0.29) is 6.03 Å². The summed E-state index contributed by atoms with van der Waals surface area (Å²) in [6.45, 7) is 0.950. The van der Waals surface area contributed by atoms with Crippen molar-refractivity contribution in [2.75, 3.05) is 12.8 Å². The number of aromatic nitrogens is 2. The SMILES string of the molecule is CSc1ncc(CNC(=O)N2CCC[C@H]2C(N)=O)n1C. The second kappa shape index (κ2) is 6.17. The van der Waals surface area contributed by atoms with Crippen molar-refractivity contribution < 1.29 is 9.59 Å². The summed E-state index contributed by atoms with van der Waals surface area (Å²) in [4.78, 5) is 29.1. The Hall–Kier alpha value is -1.70. The molecule has 2 heterocycles. The van der Waals surface area contributed by atoms with E-state index in [1.807, 2.05) is 17.9 Å². The molecule has 20 heavy (non-hydrogen) atoms. The zero-order valence-electron chi connectivity index (χ0n) is 11.6. The zero-order valence-corrected chi connectivity index (χ0v) is 12.4. The molecule has 8 heteroatoms. The van der Waals surface area contributed by atoms with E-state index in [1.165, 1.54) is 4.90 Å². The predicted molar refractivity (Wildman–Crippen MR) is 76.1 cm³/mol. The smallest absolute Gasteiger partial charge is 0.318 e. The highest BCUT2D eigenvalue weighted by atomic mass is 32.2. The molecule has 1 atom stereocenters. The first-order valence-corrected chi connectivity index (χ1v) is 7.65. The Balaban J connectivity index is 1.95. The lowest BCUT2D eigenvalue weighted by atomic mass is 10.2. The van der Waals surface area contributed by atoms with Gasteiger partial charge in [0.25, 0.3) is 0 Å². The number of urea groups is 1. The quantitative estimate of drug-likeness (QED) is 0.782. The van der Waals surface area contributed by atoms with Gasteiger partial charge in [0.1, 0.15) is 6.04 Å². The molecule has 0 aliphatic carbocycles. The number of hydrogen-bond donors (Lipinski definition) is 2. The minimum absolute atomic E-state index is 0.252. The van der Waals surface area contributed by atoms with E-state index >= 15 is 0 Å². The van der Waals surface area contributed by atoms with E-state index < -0.39 is 11.9 Å². The zero-order chi connectivity index (χ0) is 14.7. The number of imidazole rings is 1. The Morgan fingerprint density at radius 1 is 1.60 bits per heavy atom. The van der Waals surface area contributed by atoms with Crippen LogP contribution in [0.2, 0.25) is 0 Å². The van der Waals surface area contributed by atoms with Crippen LogP contribution in [0.25, 0.3) is 0 Å². The fourth-order valence-corrected chi connectivity index (χ4v) is 2.90. The van der Waals surface area contributed by atoms with Gasteiger partial charge >= 0.3 is 6.03 Å². The van der Waals surface area contributed by atoms with Gasteiger partial charge in [-0.25, -0.2) is 9.78 Å². The summed E-state index contributed by atoms with van der Waals surface area (Å²) in [7, 11) is 1.91. The van der Waals surface area contributed by atoms with Gasteiger partial charge in [-0.05, 0) is 19.1 Å². The van der Waals surface area contributed by atoms with Gasteiger partial charge in [-0.1, -0.05) is 11.8 Å². The fourth-order valence-electron chi connectivity index (χ4n) is 2.35. The summed E-state index contributed by atoms with van der Waals surface area (Å²) in [6, 6.07) is -0.735. The number of hydrogen-bond acceptors (Lipinski definition) is 4. The topological polar surface area (TPSA) is 93.2 Å². The summed E-state index contributed by atoms with van der Waals surface area (Å²) >= 11 is 1.55. The number of amides is 3. The molecule has 3 N–H and O–H groups in total. The molecule has 1 saturated heterocycles. The maximum atomic E-state index is 12.1. The first-order chi connectivity index (χ1) is 9.54. The van der Waals surface area contributed by atoms with Crippen LogP contribution in [0.15, 0.2) is 11.4 Å². The summed E-state index contributed by atoms with van der Waals surface area (Å²) in [6.07, 6.45) is 5.14. The van der Waals surface area contributed by atoms with Crippen molar-refractivity contribution in [1.29, 1.82) is 0 Å². The van der Waals surface area contributed by atoms with Crippen molar-refractivity contribution in [3.05, 3.63) is 11.9 Å². The van der Waals surface area contributed by atoms with Gasteiger partial charge in [0, 0.05) is 13.6 Å². The van der Waals surface area contributed by atoms with Crippen LogP contribution >= 0.6 is 11.8 Å². The van der Waals surface area contributed by atoms with Crippen LogP contribution < -0.4 is 11.1 Å². The van der Waals surface area contributed by atoms with Crippen molar-refractivity contribution in [3.8, 4) is 0 Å². The highest BCUT2D eigenvalue weighted by Crippen LogP contribution is 2.17. The summed E-state index contributed by atoms with van der Waals surface area (Å²) < 4.78 is 1.93. The summed E-state index contributed by atoms with van der Waals surface area (Å²) in [5.41, 5.74) is 6.22. The Kier molecular flexibility index (Phi) is 4.53. The third kappa shape index (κ3) is 2.90. The van der Waals surface area contributed by atoms with Crippen LogP contribution in [0.4, 0.5) is 4.79 Å². The lowest BCUT2D eigenvalue weighted by molar-refractivity contribution is -0.121. The van der Waals surface area contributed by atoms with Crippen LogP contribution in [0, 0.1) is 0 Å². The molecule has 0 saturated carbocycles. The fraction of sp³-hybridized carbons (Fsp3) is 0.583. The van der Waals surface area contributed by atoms with Gasteiger partial charge < -0.3 is 20.5 Å². The highest BCUT2D eigenvalue weighted by molar-refractivity contribution is 7.98. The maximum absolute atomic E-state index is 12.1. The molecule has 2 rings (SSSR count). The minimum atomic E-state index is -0.483. The number of primary amides is 1. The lowest BCUT2D eigenvalue weighted by Gasteiger charge is -2.22. The Labute approximate surface area is 121 Å².